The first-order chi connectivity index (χ1) is 14.9. The summed E-state index contributed by atoms with van der Waals surface area (Å²) in [5.41, 5.74) is 2.83. The number of anilines is 1. The lowest BCUT2D eigenvalue weighted by Gasteiger charge is -2.24. The Hall–Kier alpha value is -3.10. The summed E-state index contributed by atoms with van der Waals surface area (Å²) in [7, 11) is -2.15. The molecule has 8 heteroatoms. The molecule has 160 valence electrons. The normalized spacial score (nSPS) is 11.5. The minimum absolute atomic E-state index is 0.0660. The van der Waals surface area contributed by atoms with E-state index in [0.717, 1.165) is 16.9 Å². The van der Waals surface area contributed by atoms with Crippen LogP contribution in [0.15, 0.2) is 74.7 Å². The van der Waals surface area contributed by atoms with E-state index in [-0.39, 0.29) is 10.8 Å². The molecule has 0 unspecified atom stereocenters. The average Bonchev–Trinajstić information content (AvgIpc) is 3.43. The zero-order valence-electron chi connectivity index (χ0n) is 17.4. The van der Waals surface area contributed by atoms with Crippen LogP contribution in [-0.4, -0.2) is 20.5 Å². The molecule has 0 aliphatic rings. The molecule has 4 aromatic rings. The van der Waals surface area contributed by atoms with Gasteiger partial charge in [-0.3, -0.25) is 4.31 Å². The average molecular weight is 455 g/mol. The van der Waals surface area contributed by atoms with Gasteiger partial charge >= 0.3 is 0 Å². The van der Waals surface area contributed by atoms with E-state index in [4.69, 9.17) is 9.15 Å². The minimum atomic E-state index is -3.76. The van der Waals surface area contributed by atoms with Crippen molar-refractivity contribution in [2.45, 2.75) is 24.6 Å². The number of sulfonamides is 1. The fraction of sp³-hybridized carbons (Fsp3) is 0.174. The Morgan fingerprint density at radius 3 is 2.42 bits per heavy atom. The first-order valence-electron chi connectivity index (χ1n) is 9.63. The molecule has 2 heterocycles. The van der Waals surface area contributed by atoms with Crippen molar-refractivity contribution in [1.82, 2.24) is 4.98 Å². The van der Waals surface area contributed by atoms with Gasteiger partial charge < -0.3 is 9.15 Å². The number of oxazole rings is 1. The van der Waals surface area contributed by atoms with Crippen LogP contribution in [0.1, 0.15) is 17.0 Å². The fourth-order valence-electron chi connectivity index (χ4n) is 3.23. The number of methoxy groups -OCH3 is 1. The van der Waals surface area contributed by atoms with Crippen LogP contribution in [0.3, 0.4) is 0 Å². The Morgan fingerprint density at radius 2 is 1.77 bits per heavy atom. The molecule has 0 radical (unpaired) electrons. The zero-order chi connectivity index (χ0) is 22.0. The molecule has 0 N–H and O–H groups in total. The van der Waals surface area contributed by atoms with E-state index in [1.54, 1.807) is 37.6 Å². The topological polar surface area (TPSA) is 72.6 Å². The lowest BCUT2D eigenvalue weighted by atomic mass is 10.2. The number of ether oxygens (including phenoxy) is 1. The van der Waals surface area contributed by atoms with E-state index in [1.165, 1.54) is 15.6 Å². The van der Waals surface area contributed by atoms with E-state index >= 15 is 0 Å². The van der Waals surface area contributed by atoms with E-state index < -0.39 is 10.0 Å². The molecule has 0 aliphatic carbocycles. The predicted molar refractivity (Wildman–Crippen MR) is 122 cm³/mol. The summed E-state index contributed by atoms with van der Waals surface area (Å²) >= 11 is 1.19. The summed E-state index contributed by atoms with van der Waals surface area (Å²) in [6, 6.07) is 18.1. The van der Waals surface area contributed by atoms with Crippen molar-refractivity contribution in [3.8, 4) is 17.2 Å². The van der Waals surface area contributed by atoms with Gasteiger partial charge in [-0.05, 0) is 61.2 Å². The van der Waals surface area contributed by atoms with Crippen molar-refractivity contribution in [3.05, 3.63) is 83.1 Å². The van der Waals surface area contributed by atoms with Gasteiger partial charge in [0, 0.05) is 5.56 Å². The van der Waals surface area contributed by atoms with Crippen molar-refractivity contribution in [2.24, 2.45) is 0 Å². The highest BCUT2D eigenvalue weighted by molar-refractivity contribution is 7.94. The third-order valence-electron chi connectivity index (χ3n) is 4.95. The van der Waals surface area contributed by atoms with Crippen LogP contribution in [0.4, 0.5) is 5.69 Å². The van der Waals surface area contributed by atoms with E-state index in [9.17, 15) is 8.42 Å². The number of aromatic nitrogens is 1. The summed E-state index contributed by atoms with van der Waals surface area (Å²) in [4.78, 5) is 4.62. The number of nitrogens with zero attached hydrogens (tertiary/aromatic N) is 2. The highest BCUT2D eigenvalue weighted by atomic mass is 32.2. The van der Waals surface area contributed by atoms with E-state index in [2.05, 4.69) is 4.98 Å². The zero-order valence-corrected chi connectivity index (χ0v) is 19.0. The number of hydrogen-bond acceptors (Lipinski definition) is 6. The van der Waals surface area contributed by atoms with Crippen LogP contribution in [0, 0.1) is 13.8 Å². The van der Waals surface area contributed by atoms with Crippen molar-refractivity contribution < 1.29 is 17.6 Å². The quantitative estimate of drug-likeness (QED) is 0.373. The maximum atomic E-state index is 13.5. The molecule has 2 aromatic heterocycles. The van der Waals surface area contributed by atoms with Crippen LogP contribution in [0.5, 0.6) is 5.75 Å². The lowest BCUT2D eigenvalue weighted by Crippen LogP contribution is -2.31. The van der Waals surface area contributed by atoms with Crippen molar-refractivity contribution in [1.29, 1.82) is 0 Å². The summed E-state index contributed by atoms with van der Waals surface area (Å²) in [5, 5.41) is 1.76. The van der Waals surface area contributed by atoms with Crippen molar-refractivity contribution >= 4 is 27.0 Å². The molecule has 0 amide bonds. The number of aryl methyl sites for hydroxylation is 2. The van der Waals surface area contributed by atoms with Gasteiger partial charge in [0.15, 0.2) is 0 Å². The smallest absolute Gasteiger partial charge is 0.274 e. The van der Waals surface area contributed by atoms with Crippen LogP contribution in [-0.2, 0) is 16.6 Å². The molecule has 0 aliphatic heterocycles. The molecule has 6 nitrogen and oxygen atoms in total. The second-order valence-electron chi connectivity index (χ2n) is 6.98. The minimum Gasteiger partial charge on any atom is -0.497 e. The van der Waals surface area contributed by atoms with Crippen LogP contribution in [0.2, 0.25) is 0 Å². The maximum absolute atomic E-state index is 13.5. The number of benzene rings is 2. The van der Waals surface area contributed by atoms with Crippen LogP contribution < -0.4 is 9.04 Å². The summed E-state index contributed by atoms with van der Waals surface area (Å²) in [6.07, 6.45) is 0. The number of hydrogen-bond donors (Lipinski definition) is 0. The number of thiophene rings is 1. The van der Waals surface area contributed by atoms with Crippen LogP contribution in [0.25, 0.3) is 11.5 Å². The lowest BCUT2D eigenvalue weighted by molar-refractivity contribution is 0.415. The number of para-hydroxylation sites is 1. The Kier molecular flexibility index (Phi) is 5.84. The highest BCUT2D eigenvalue weighted by Crippen LogP contribution is 2.32. The van der Waals surface area contributed by atoms with Gasteiger partial charge in [0.05, 0.1) is 19.3 Å². The molecule has 0 saturated heterocycles. The summed E-state index contributed by atoms with van der Waals surface area (Å²) in [5.74, 6) is 1.75. The Bertz CT molecular complexity index is 1280. The van der Waals surface area contributed by atoms with Gasteiger partial charge in [-0.2, -0.15) is 0 Å². The van der Waals surface area contributed by atoms with Crippen molar-refractivity contribution in [2.75, 3.05) is 11.4 Å². The molecule has 2 aromatic carbocycles. The molecule has 0 atom stereocenters. The number of rotatable bonds is 7. The van der Waals surface area contributed by atoms with Crippen LogP contribution >= 0.6 is 11.3 Å². The standard InChI is InChI=1S/C23H22N2O4S2/c1-16-7-4-5-8-21(16)25(31(26,27)22-9-6-14-30-22)15-20-17(2)29-23(24-20)18-10-12-19(28-3)13-11-18/h4-14H,15H2,1-3H3. The second kappa shape index (κ2) is 8.56. The van der Waals surface area contributed by atoms with Gasteiger partial charge in [0.2, 0.25) is 5.89 Å². The van der Waals surface area contributed by atoms with Gasteiger partial charge in [0.1, 0.15) is 21.4 Å². The fourth-order valence-corrected chi connectivity index (χ4v) is 5.82. The second-order valence-corrected chi connectivity index (χ2v) is 10.0. The Morgan fingerprint density at radius 1 is 1.03 bits per heavy atom. The van der Waals surface area contributed by atoms with Gasteiger partial charge in [0.25, 0.3) is 10.0 Å². The van der Waals surface area contributed by atoms with E-state index in [1.807, 2.05) is 49.4 Å². The first-order valence-corrected chi connectivity index (χ1v) is 11.9. The van der Waals surface area contributed by atoms with Gasteiger partial charge in [-0.25, -0.2) is 13.4 Å². The molecular formula is C23H22N2O4S2. The Balaban J connectivity index is 1.74. The monoisotopic (exact) mass is 454 g/mol. The van der Waals surface area contributed by atoms with Gasteiger partial charge in [-0.1, -0.05) is 24.3 Å². The molecule has 0 bridgehead atoms. The molecule has 0 fully saturated rings. The summed E-state index contributed by atoms with van der Waals surface area (Å²) < 4.78 is 39.7. The molecule has 0 saturated carbocycles. The Labute approximate surface area is 185 Å². The summed E-state index contributed by atoms with van der Waals surface area (Å²) in [6.45, 7) is 3.75. The third kappa shape index (κ3) is 4.22. The molecular weight excluding hydrogens is 432 g/mol. The SMILES string of the molecule is COc1ccc(-c2nc(CN(c3ccccc3C)S(=O)(=O)c3cccs3)c(C)o2)cc1. The molecule has 0 spiro atoms. The predicted octanol–water partition coefficient (Wildman–Crippen LogP) is 5.42. The van der Waals surface area contributed by atoms with Gasteiger partial charge in [-0.15, -0.1) is 11.3 Å². The highest BCUT2D eigenvalue weighted by Gasteiger charge is 2.29. The first kappa shape index (κ1) is 21.1. The largest absolute Gasteiger partial charge is 0.497 e. The molecule has 4 rings (SSSR count). The third-order valence-corrected chi connectivity index (χ3v) is 8.08. The van der Waals surface area contributed by atoms with E-state index in [0.29, 0.717) is 23.0 Å². The van der Waals surface area contributed by atoms with Crippen molar-refractivity contribution in [3.63, 3.8) is 0 Å². The molecule has 31 heavy (non-hydrogen) atoms. The maximum Gasteiger partial charge on any atom is 0.274 e.